The van der Waals surface area contributed by atoms with Crippen LogP contribution in [-0.2, 0) is 20.1 Å². The van der Waals surface area contributed by atoms with Gasteiger partial charge >= 0.3 is 0 Å². The van der Waals surface area contributed by atoms with Crippen LogP contribution >= 0.6 is 0 Å². The first-order chi connectivity index (χ1) is 23.7. The molecule has 8 aromatic rings. The van der Waals surface area contributed by atoms with Crippen molar-refractivity contribution in [2.24, 2.45) is 0 Å². The van der Waals surface area contributed by atoms with Crippen molar-refractivity contribution >= 4 is 33.1 Å². The maximum Gasteiger partial charge on any atom is 0.168 e. The predicted molar refractivity (Wildman–Crippen MR) is 201 cm³/mol. The predicted octanol–water partition coefficient (Wildman–Crippen LogP) is 11.5. The Morgan fingerprint density at radius 2 is 1.42 bits per heavy atom. The normalized spacial score (nSPS) is 11.3. The number of para-hydroxylation sites is 2. The van der Waals surface area contributed by atoms with Crippen LogP contribution < -0.4 is 0 Å². The number of hydrogen-bond donors (Lipinski definition) is 0. The summed E-state index contributed by atoms with van der Waals surface area (Å²) < 4.78 is 8.69. The zero-order valence-electron chi connectivity index (χ0n) is 29.5. The maximum absolute atomic E-state index is 6.40. The number of benzene rings is 4. The molecule has 0 N–H and O–H groups in total. The van der Waals surface area contributed by atoms with E-state index >= 15 is 0 Å². The molecule has 0 fully saturated rings. The average molecular weight is 833 g/mol. The van der Waals surface area contributed by atoms with E-state index in [4.69, 9.17) is 14.4 Å². The van der Waals surface area contributed by atoms with Gasteiger partial charge in [0.2, 0.25) is 0 Å². The van der Waals surface area contributed by atoms with Crippen molar-refractivity contribution in [3.63, 3.8) is 0 Å². The first-order valence-electron chi connectivity index (χ1n) is 16.9. The summed E-state index contributed by atoms with van der Waals surface area (Å²) in [7, 11) is 0. The number of furan rings is 1. The van der Waals surface area contributed by atoms with Gasteiger partial charge in [-0.25, -0.2) is 4.98 Å². The number of imidazole rings is 1. The van der Waals surface area contributed by atoms with Gasteiger partial charge in [0.15, 0.2) is 5.65 Å². The van der Waals surface area contributed by atoms with E-state index in [1.165, 1.54) is 27.9 Å². The fraction of sp³-hybridized carbons (Fsp3) is 0.205. The molecule has 4 aromatic carbocycles. The van der Waals surface area contributed by atoms with Crippen molar-refractivity contribution in [1.29, 1.82) is 0 Å². The molecule has 253 valence electrons. The maximum atomic E-state index is 6.40. The van der Waals surface area contributed by atoms with Crippen LogP contribution in [0.25, 0.3) is 61.4 Å². The van der Waals surface area contributed by atoms with E-state index in [1.54, 1.807) is 0 Å². The van der Waals surface area contributed by atoms with Gasteiger partial charge in [0.25, 0.3) is 0 Å². The van der Waals surface area contributed by atoms with Crippen molar-refractivity contribution in [1.82, 2.24) is 19.5 Å². The smallest absolute Gasteiger partial charge is 0.168 e. The van der Waals surface area contributed by atoms with E-state index in [1.807, 2.05) is 61.8 Å². The summed E-state index contributed by atoms with van der Waals surface area (Å²) in [5.74, 6) is 1.49. The minimum Gasteiger partial charge on any atom is -0.501 e. The van der Waals surface area contributed by atoms with Crippen LogP contribution in [0, 0.1) is 32.9 Å². The van der Waals surface area contributed by atoms with Crippen molar-refractivity contribution < 1.29 is 24.5 Å². The van der Waals surface area contributed by atoms with Gasteiger partial charge in [-0.2, -0.15) is 0 Å². The van der Waals surface area contributed by atoms with Gasteiger partial charge < -0.3 is 14.0 Å². The molecule has 0 aliphatic heterocycles. The van der Waals surface area contributed by atoms with Crippen LogP contribution in [0.3, 0.4) is 0 Å². The Morgan fingerprint density at radius 1 is 0.700 bits per heavy atom. The van der Waals surface area contributed by atoms with E-state index in [9.17, 15) is 0 Å². The van der Waals surface area contributed by atoms with Crippen molar-refractivity contribution in [2.75, 3.05) is 0 Å². The topological polar surface area (TPSA) is 56.7 Å². The molecule has 5 nitrogen and oxygen atoms in total. The molecule has 0 saturated carbocycles. The largest absolute Gasteiger partial charge is 0.501 e. The van der Waals surface area contributed by atoms with Gasteiger partial charge in [0.1, 0.15) is 5.58 Å². The summed E-state index contributed by atoms with van der Waals surface area (Å²) in [5.41, 5.74) is 13.5. The van der Waals surface area contributed by atoms with Gasteiger partial charge in [-0.3, -0.25) is 4.98 Å². The van der Waals surface area contributed by atoms with Crippen LogP contribution in [0.15, 0.2) is 108 Å². The van der Waals surface area contributed by atoms with Gasteiger partial charge in [-0.1, -0.05) is 94.1 Å². The monoisotopic (exact) mass is 833 g/mol. The fourth-order valence-electron chi connectivity index (χ4n) is 6.37. The quantitative estimate of drug-likeness (QED) is 0.162. The Balaban J connectivity index is 0.000000242. The molecule has 0 amide bonds. The summed E-state index contributed by atoms with van der Waals surface area (Å²) in [4.78, 5) is 14.1. The molecular weight excluding hydrogens is 793 g/mol. The third kappa shape index (κ3) is 6.66. The van der Waals surface area contributed by atoms with Gasteiger partial charge in [-0.05, 0) is 65.8 Å². The number of aryl methyl sites for hydroxylation is 3. The third-order valence-electron chi connectivity index (χ3n) is 8.93. The molecule has 4 aromatic heterocycles. The summed E-state index contributed by atoms with van der Waals surface area (Å²) in [6.07, 6.45) is 3.76. The summed E-state index contributed by atoms with van der Waals surface area (Å²) in [6.45, 7) is 15.2. The molecule has 0 bridgehead atoms. The third-order valence-corrected chi connectivity index (χ3v) is 8.93. The number of pyridine rings is 2. The molecule has 0 aliphatic rings. The molecule has 8 rings (SSSR count). The number of fused-ring (bicyclic) bond motifs is 4. The molecule has 0 spiro atoms. The second kappa shape index (κ2) is 14.5. The summed E-state index contributed by atoms with van der Waals surface area (Å²) in [5, 5.41) is 2.16. The summed E-state index contributed by atoms with van der Waals surface area (Å²) >= 11 is 0. The first-order valence-corrected chi connectivity index (χ1v) is 16.9. The standard InChI is InChI=1S/C31H28N3O.C13H12N.Ir/c1-18(2)21-11-8-12-22(19(3)4)28(21)34-26-16-20(5)17-32-30(26)33-31(34)25-14-9-13-24-23-10-6-7-15-27(23)35-29(24)25;1-10-3-6-12(7-4-10)13-8-5-11(2)9-14-13;/h6-13,15-19H,1-5H3;3-6,8-9H,1-2H3;/q2*-1;. The van der Waals surface area contributed by atoms with Crippen LogP contribution in [0.5, 0.6) is 0 Å². The summed E-state index contributed by atoms with van der Waals surface area (Å²) in [6, 6.07) is 37.9. The van der Waals surface area contributed by atoms with Crippen molar-refractivity contribution in [2.45, 2.75) is 60.3 Å². The van der Waals surface area contributed by atoms with Crippen molar-refractivity contribution in [3.8, 4) is 28.3 Å². The molecule has 0 atom stereocenters. The number of aromatic nitrogens is 4. The molecule has 0 saturated heterocycles. The first kappa shape index (κ1) is 34.9. The molecule has 0 aliphatic carbocycles. The van der Waals surface area contributed by atoms with Gasteiger partial charge in [0, 0.05) is 43.6 Å². The second-order valence-corrected chi connectivity index (χ2v) is 13.4. The second-order valence-electron chi connectivity index (χ2n) is 13.4. The molecule has 50 heavy (non-hydrogen) atoms. The van der Waals surface area contributed by atoms with Gasteiger partial charge in [0.05, 0.1) is 16.9 Å². The van der Waals surface area contributed by atoms with E-state index in [0.29, 0.717) is 11.8 Å². The Hall–Kier alpha value is -4.90. The molecule has 0 unspecified atom stereocenters. The zero-order valence-corrected chi connectivity index (χ0v) is 31.9. The number of hydrogen-bond acceptors (Lipinski definition) is 4. The minimum atomic E-state index is 0. The number of rotatable bonds is 5. The SMILES string of the molecule is Cc1c[c-]c(-c2ccc(C)cn2)cc1.Cc1cnc2nc(-c3[c-]ccc4c3oc3ccccc34)n(-c3c(C(C)C)cccc3C(C)C)c2c1.[Ir]. The van der Waals surface area contributed by atoms with Gasteiger partial charge in [-0.15, -0.1) is 53.6 Å². The van der Waals surface area contributed by atoms with E-state index in [-0.39, 0.29) is 20.1 Å². The Bertz CT molecular complexity index is 2350. The molecule has 6 heteroatoms. The minimum absolute atomic E-state index is 0. The zero-order chi connectivity index (χ0) is 34.2. The average Bonchev–Trinajstić information content (AvgIpc) is 3.67. The van der Waals surface area contributed by atoms with Crippen LogP contribution in [0.4, 0.5) is 0 Å². The Morgan fingerprint density at radius 3 is 2.10 bits per heavy atom. The van der Waals surface area contributed by atoms with E-state index in [0.717, 1.165) is 61.3 Å². The fourth-order valence-corrected chi connectivity index (χ4v) is 6.37. The molecular formula is C44H40IrN4O-2. The van der Waals surface area contributed by atoms with Crippen LogP contribution in [0.2, 0.25) is 0 Å². The molecule has 1 radical (unpaired) electrons. The number of nitrogens with zero attached hydrogens (tertiary/aromatic N) is 4. The van der Waals surface area contributed by atoms with Crippen LogP contribution in [0.1, 0.15) is 67.3 Å². The molecule has 4 heterocycles. The van der Waals surface area contributed by atoms with E-state index in [2.05, 4.69) is 112 Å². The van der Waals surface area contributed by atoms with Crippen LogP contribution in [-0.4, -0.2) is 19.5 Å². The Kier molecular flexibility index (Phi) is 10.2. The Labute approximate surface area is 307 Å². The van der Waals surface area contributed by atoms with E-state index < -0.39 is 0 Å². The van der Waals surface area contributed by atoms with Crippen molar-refractivity contribution in [3.05, 3.63) is 143 Å².